The predicted molar refractivity (Wildman–Crippen MR) is 112 cm³/mol. The molecule has 0 atom stereocenters. The van der Waals surface area contributed by atoms with Crippen molar-refractivity contribution in [2.75, 3.05) is 7.11 Å². The molecule has 0 amide bonds. The van der Waals surface area contributed by atoms with E-state index in [2.05, 4.69) is 36.4 Å². The van der Waals surface area contributed by atoms with E-state index in [0.29, 0.717) is 13.2 Å². The molecule has 3 nitrogen and oxygen atoms in total. The zero-order valence-electron chi connectivity index (χ0n) is 15.8. The fourth-order valence-corrected chi connectivity index (χ4v) is 3.14. The Kier molecular flexibility index (Phi) is 5.55. The van der Waals surface area contributed by atoms with Crippen LogP contribution in [0.3, 0.4) is 0 Å². The normalized spacial score (nSPS) is 10.8. The minimum absolute atomic E-state index is 0.477. The number of rotatable bonds is 7. The Morgan fingerprint density at radius 3 is 2.14 bits per heavy atom. The summed E-state index contributed by atoms with van der Waals surface area (Å²) in [5, 5.41) is 2.21. The fraction of sp³-hybridized carbons (Fsp3) is 0.120. The van der Waals surface area contributed by atoms with Crippen LogP contribution >= 0.6 is 0 Å². The van der Waals surface area contributed by atoms with Crippen molar-refractivity contribution in [3.05, 3.63) is 102 Å². The molecular weight excluding hydrogens is 348 g/mol. The number of fused-ring (bicyclic) bond motifs is 1. The van der Waals surface area contributed by atoms with Gasteiger partial charge in [0.25, 0.3) is 0 Å². The second-order valence-electron chi connectivity index (χ2n) is 6.53. The maximum absolute atomic E-state index is 6.29. The van der Waals surface area contributed by atoms with Gasteiger partial charge in [0.05, 0.1) is 20.3 Å². The van der Waals surface area contributed by atoms with Gasteiger partial charge in [0.15, 0.2) is 0 Å². The van der Waals surface area contributed by atoms with E-state index in [0.717, 1.165) is 39.1 Å². The zero-order chi connectivity index (χ0) is 19.2. The topological polar surface area (TPSA) is 27.7 Å². The summed E-state index contributed by atoms with van der Waals surface area (Å²) in [5.41, 5.74) is 2.17. The van der Waals surface area contributed by atoms with Crippen molar-refractivity contribution >= 4 is 10.8 Å². The Bertz CT molecular complexity index is 1040. The van der Waals surface area contributed by atoms with Crippen molar-refractivity contribution in [1.29, 1.82) is 0 Å². The van der Waals surface area contributed by atoms with E-state index in [1.54, 1.807) is 7.11 Å². The van der Waals surface area contributed by atoms with Crippen molar-refractivity contribution < 1.29 is 14.2 Å². The quantitative estimate of drug-likeness (QED) is 0.379. The molecule has 0 unspecified atom stereocenters. The summed E-state index contributed by atoms with van der Waals surface area (Å²) in [6.45, 7) is 1.04. The van der Waals surface area contributed by atoms with Crippen molar-refractivity contribution in [2.45, 2.75) is 13.2 Å². The summed E-state index contributed by atoms with van der Waals surface area (Å²) in [4.78, 5) is 0. The van der Waals surface area contributed by atoms with Crippen LogP contribution in [0.1, 0.15) is 11.1 Å². The Labute approximate surface area is 165 Å². The van der Waals surface area contributed by atoms with Gasteiger partial charge in [-0.1, -0.05) is 66.7 Å². The maximum Gasteiger partial charge on any atom is 0.140 e. The number of hydrogen-bond donors (Lipinski definition) is 0. The third-order valence-electron chi connectivity index (χ3n) is 4.61. The van der Waals surface area contributed by atoms with Crippen LogP contribution in [0.4, 0.5) is 0 Å². The maximum atomic E-state index is 6.29. The fourth-order valence-electron chi connectivity index (χ4n) is 3.14. The molecule has 0 radical (unpaired) electrons. The summed E-state index contributed by atoms with van der Waals surface area (Å²) < 4.78 is 17.5. The third-order valence-corrected chi connectivity index (χ3v) is 4.61. The van der Waals surface area contributed by atoms with Crippen molar-refractivity contribution in [3.8, 4) is 17.2 Å². The minimum Gasteiger partial charge on any atom is -0.497 e. The Morgan fingerprint density at radius 2 is 1.36 bits per heavy atom. The molecular formula is C25H22O3. The molecule has 0 aromatic heterocycles. The lowest BCUT2D eigenvalue weighted by molar-refractivity contribution is 0.106. The average molecular weight is 370 g/mol. The van der Waals surface area contributed by atoms with E-state index >= 15 is 0 Å². The largest absolute Gasteiger partial charge is 0.497 e. The third kappa shape index (κ3) is 4.16. The number of methoxy groups -OCH3 is 1. The van der Waals surface area contributed by atoms with Gasteiger partial charge in [0.1, 0.15) is 17.2 Å². The lowest BCUT2D eigenvalue weighted by Gasteiger charge is -2.15. The van der Waals surface area contributed by atoms with Crippen LogP contribution in [-0.2, 0) is 18.0 Å². The summed E-state index contributed by atoms with van der Waals surface area (Å²) in [6.07, 6.45) is 0. The highest BCUT2D eigenvalue weighted by atomic mass is 16.5. The Hall–Kier alpha value is -3.30. The van der Waals surface area contributed by atoms with Gasteiger partial charge in [-0.3, -0.25) is 0 Å². The van der Waals surface area contributed by atoms with Crippen LogP contribution < -0.4 is 9.47 Å². The molecule has 0 heterocycles. The molecule has 0 aliphatic carbocycles. The molecule has 28 heavy (non-hydrogen) atoms. The van der Waals surface area contributed by atoms with Crippen LogP contribution in [0.25, 0.3) is 10.8 Å². The van der Waals surface area contributed by atoms with Gasteiger partial charge >= 0.3 is 0 Å². The van der Waals surface area contributed by atoms with Gasteiger partial charge in [0, 0.05) is 10.9 Å². The van der Waals surface area contributed by atoms with Gasteiger partial charge in [-0.15, -0.1) is 0 Å². The molecule has 140 valence electrons. The van der Waals surface area contributed by atoms with E-state index in [4.69, 9.17) is 14.2 Å². The first-order valence-electron chi connectivity index (χ1n) is 9.28. The first-order chi connectivity index (χ1) is 13.8. The molecule has 0 aliphatic rings. The number of hydrogen-bond acceptors (Lipinski definition) is 3. The smallest absolute Gasteiger partial charge is 0.140 e. The van der Waals surface area contributed by atoms with Gasteiger partial charge in [-0.05, 0) is 35.2 Å². The summed E-state index contributed by atoms with van der Waals surface area (Å²) in [7, 11) is 1.66. The summed E-state index contributed by atoms with van der Waals surface area (Å²) in [5.74, 6) is 2.40. The van der Waals surface area contributed by atoms with Crippen LogP contribution in [0.2, 0.25) is 0 Å². The van der Waals surface area contributed by atoms with Crippen LogP contribution in [0, 0.1) is 0 Å². The van der Waals surface area contributed by atoms with E-state index in [9.17, 15) is 0 Å². The van der Waals surface area contributed by atoms with E-state index in [1.165, 1.54) is 0 Å². The first kappa shape index (κ1) is 18.1. The van der Waals surface area contributed by atoms with Crippen LogP contribution in [-0.4, -0.2) is 7.11 Å². The Balaban J connectivity index is 1.60. The van der Waals surface area contributed by atoms with Gasteiger partial charge in [0.2, 0.25) is 0 Å². The highest BCUT2D eigenvalue weighted by molar-refractivity contribution is 5.89. The van der Waals surface area contributed by atoms with Crippen molar-refractivity contribution in [2.24, 2.45) is 0 Å². The lowest BCUT2D eigenvalue weighted by atomic mass is 10.1. The molecule has 3 heteroatoms. The van der Waals surface area contributed by atoms with Crippen molar-refractivity contribution in [3.63, 3.8) is 0 Å². The second kappa shape index (κ2) is 8.59. The van der Waals surface area contributed by atoms with E-state index in [1.807, 2.05) is 54.6 Å². The second-order valence-corrected chi connectivity index (χ2v) is 6.53. The predicted octanol–water partition coefficient (Wildman–Crippen LogP) is 6.36. The molecule has 0 aliphatic heterocycles. The van der Waals surface area contributed by atoms with Crippen LogP contribution in [0.15, 0.2) is 91.0 Å². The average Bonchev–Trinajstić information content (AvgIpc) is 2.76. The molecule has 0 spiro atoms. The monoisotopic (exact) mass is 370 g/mol. The molecule has 0 saturated heterocycles. The van der Waals surface area contributed by atoms with Crippen LogP contribution in [0.5, 0.6) is 17.2 Å². The summed E-state index contributed by atoms with van der Waals surface area (Å²) >= 11 is 0. The van der Waals surface area contributed by atoms with Gasteiger partial charge in [-0.25, -0.2) is 0 Å². The molecule has 4 aromatic carbocycles. The minimum atomic E-state index is 0.477. The van der Waals surface area contributed by atoms with E-state index in [-0.39, 0.29) is 0 Å². The van der Waals surface area contributed by atoms with Gasteiger partial charge in [-0.2, -0.15) is 0 Å². The molecule has 0 bridgehead atoms. The lowest BCUT2D eigenvalue weighted by Crippen LogP contribution is -1.98. The van der Waals surface area contributed by atoms with Gasteiger partial charge < -0.3 is 14.2 Å². The van der Waals surface area contributed by atoms with E-state index < -0.39 is 0 Å². The zero-order valence-corrected chi connectivity index (χ0v) is 15.8. The number of ether oxygens (including phenoxy) is 3. The standard InChI is InChI=1S/C25H22O3/c1-26-22-13-15-23(16-14-22)28-25-21(12-11-20-9-5-6-10-24(20)25)18-27-17-19-7-3-2-4-8-19/h2-16H,17-18H2,1H3. The molecule has 4 aromatic rings. The summed E-state index contributed by atoms with van der Waals surface area (Å²) in [6, 6.07) is 30.2. The Morgan fingerprint density at radius 1 is 0.643 bits per heavy atom. The highest BCUT2D eigenvalue weighted by Gasteiger charge is 2.11. The van der Waals surface area contributed by atoms with Crippen molar-refractivity contribution in [1.82, 2.24) is 0 Å². The molecule has 0 fully saturated rings. The number of benzene rings is 4. The molecule has 4 rings (SSSR count). The highest BCUT2D eigenvalue weighted by Crippen LogP contribution is 2.34. The SMILES string of the molecule is COc1ccc(Oc2c(COCc3ccccc3)ccc3ccccc23)cc1. The first-order valence-corrected chi connectivity index (χ1v) is 9.28. The molecule has 0 saturated carbocycles. The molecule has 0 N–H and O–H groups in total.